The molecule has 1 aliphatic heterocycles. The molecule has 0 spiro atoms. The molecule has 76 valence electrons. The van der Waals surface area contributed by atoms with Crippen LogP contribution in [0.2, 0.25) is 0 Å². The SMILES string of the molecule is CC1C=CC(N)=C2c3ccccc3SC21. The normalized spacial score (nSPS) is 27.8. The number of allylic oxidation sites excluding steroid dienone is 2. The van der Waals surface area contributed by atoms with Gasteiger partial charge in [0.25, 0.3) is 0 Å². The largest absolute Gasteiger partial charge is 0.398 e. The minimum absolute atomic E-state index is 0.521. The molecular formula is C13H13NS. The van der Waals surface area contributed by atoms with Gasteiger partial charge in [-0.05, 0) is 29.2 Å². The number of nitrogens with two attached hydrogens (primary N) is 1. The van der Waals surface area contributed by atoms with Crippen LogP contribution in [0.1, 0.15) is 12.5 Å². The van der Waals surface area contributed by atoms with Crippen molar-refractivity contribution in [2.45, 2.75) is 17.1 Å². The molecule has 2 heteroatoms. The summed E-state index contributed by atoms with van der Waals surface area (Å²) < 4.78 is 0. The summed E-state index contributed by atoms with van der Waals surface area (Å²) in [7, 11) is 0. The van der Waals surface area contributed by atoms with Crippen LogP contribution in [0.15, 0.2) is 47.0 Å². The standard InChI is InChI=1S/C13H13NS/c1-8-6-7-10(14)12-9-4-2-3-5-11(9)15-13(8)12/h2-8,13H,14H2,1H3. The molecular weight excluding hydrogens is 202 g/mol. The van der Waals surface area contributed by atoms with Gasteiger partial charge in [0.05, 0.1) is 0 Å². The van der Waals surface area contributed by atoms with Gasteiger partial charge in [0.15, 0.2) is 0 Å². The fourth-order valence-electron chi connectivity index (χ4n) is 2.28. The van der Waals surface area contributed by atoms with Gasteiger partial charge in [-0.1, -0.05) is 31.2 Å². The highest BCUT2D eigenvalue weighted by molar-refractivity contribution is 8.00. The Morgan fingerprint density at radius 2 is 2.07 bits per heavy atom. The van der Waals surface area contributed by atoms with Crippen molar-refractivity contribution in [3.63, 3.8) is 0 Å². The molecule has 2 unspecified atom stereocenters. The minimum atomic E-state index is 0.521. The fraction of sp³-hybridized carbons (Fsp3) is 0.231. The Balaban J connectivity index is 2.21. The van der Waals surface area contributed by atoms with Crippen molar-refractivity contribution < 1.29 is 0 Å². The maximum absolute atomic E-state index is 6.08. The van der Waals surface area contributed by atoms with Gasteiger partial charge in [0.2, 0.25) is 0 Å². The number of rotatable bonds is 0. The highest BCUT2D eigenvalue weighted by atomic mass is 32.2. The van der Waals surface area contributed by atoms with E-state index in [1.165, 1.54) is 16.0 Å². The summed E-state index contributed by atoms with van der Waals surface area (Å²) in [6, 6.07) is 8.55. The zero-order valence-electron chi connectivity index (χ0n) is 8.60. The van der Waals surface area contributed by atoms with Gasteiger partial charge in [0.1, 0.15) is 0 Å². The molecule has 0 amide bonds. The number of fused-ring (bicyclic) bond motifs is 3. The van der Waals surface area contributed by atoms with Gasteiger partial charge >= 0.3 is 0 Å². The molecule has 1 nitrogen and oxygen atoms in total. The highest BCUT2D eigenvalue weighted by Gasteiger charge is 2.33. The maximum Gasteiger partial charge on any atom is 0.0431 e. The van der Waals surface area contributed by atoms with E-state index in [9.17, 15) is 0 Å². The first-order valence-electron chi connectivity index (χ1n) is 5.21. The predicted molar refractivity (Wildman–Crippen MR) is 65.5 cm³/mol. The first-order valence-corrected chi connectivity index (χ1v) is 6.09. The minimum Gasteiger partial charge on any atom is -0.398 e. The predicted octanol–water partition coefficient (Wildman–Crippen LogP) is 3.04. The summed E-state index contributed by atoms with van der Waals surface area (Å²) in [5.41, 5.74) is 9.69. The van der Waals surface area contributed by atoms with E-state index in [4.69, 9.17) is 5.73 Å². The Bertz CT molecular complexity index is 473. The monoisotopic (exact) mass is 215 g/mol. The summed E-state index contributed by atoms with van der Waals surface area (Å²) >= 11 is 1.94. The second-order valence-corrected chi connectivity index (χ2v) is 5.31. The van der Waals surface area contributed by atoms with E-state index in [2.05, 4.69) is 43.3 Å². The molecule has 2 N–H and O–H groups in total. The van der Waals surface area contributed by atoms with Crippen LogP contribution in [0.25, 0.3) is 5.57 Å². The molecule has 1 aromatic carbocycles. The van der Waals surface area contributed by atoms with Crippen LogP contribution in [0.5, 0.6) is 0 Å². The second kappa shape index (κ2) is 3.17. The maximum atomic E-state index is 6.08. The Hall–Kier alpha value is -1.15. The molecule has 0 radical (unpaired) electrons. The fourth-order valence-corrected chi connectivity index (χ4v) is 3.70. The summed E-state index contributed by atoms with van der Waals surface area (Å²) in [5.74, 6) is 0.574. The summed E-state index contributed by atoms with van der Waals surface area (Å²) in [6.45, 7) is 2.26. The van der Waals surface area contributed by atoms with E-state index in [1.807, 2.05) is 11.8 Å². The molecule has 1 aliphatic carbocycles. The third kappa shape index (κ3) is 1.25. The van der Waals surface area contributed by atoms with Crippen LogP contribution in [-0.4, -0.2) is 5.25 Å². The van der Waals surface area contributed by atoms with E-state index in [1.54, 1.807) is 0 Å². The Morgan fingerprint density at radius 3 is 2.93 bits per heavy atom. The molecule has 3 rings (SSSR count). The van der Waals surface area contributed by atoms with Crippen LogP contribution < -0.4 is 5.73 Å². The number of hydrogen-bond acceptors (Lipinski definition) is 2. The van der Waals surface area contributed by atoms with Crippen molar-refractivity contribution in [3.8, 4) is 0 Å². The van der Waals surface area contributed by atoms with Crippen molar-refractivity contribution in [2.75, 3.05) is 0 Å². The van der Waals surface area contributed by atoms with Gasteiger partial charge in [0, 0.05) is 15.8 Å². The molecule has 2 aliphatic rings. The van der Waals surface area contributed by atoms with E-state index in [0.29, 0.717) is 11.2 Å². The van der Waals surface area contributed by atoms with Crippen molar-refractivity contribution in [3.05, 3.63) is 47.7 Å². The summed E-state index contributed by atoms with van der Waals surface area (Å²) in [4.78, 5) is 1.37. The number of benzene rings is 1. The van der Waals surface area contributed by atoms with E-state index < -0.39 is 0 Å². The summed E-state index contributed by atoms with van der Waals surface area (Å²) in [6.07, 6.45) is 4.27. The zero-order valence-corrected chi connectivity index (χ0v) is 9.42. The van der Waals surface area contributed by atoms with Crippen molar-refractivity contribution in [2.24, 2.45) is 11.7 Å². The van der Waals surface area contributed by atoms with Gasteiger partial charge in [-0.25, -0.2) is 0 Å². The lowest BCUT2D eigenvalue weighted by Gasteiger charge is -2.22. The zero-order chi connectivity index (χ0) is 10.4. The molecule has 1 heterocycles. The lowest BCUT2D eigenvalue weighted by Crippen LogP contribution is -2.18. The van der Waals surface area contributed by atoms with Crippen molar-refractivity contribution in [1.82, 2.24) is 0 Å². The quantitative estimate of drug-likeness (QED) is 0.720. The van der Waals surface area contributed by atoms with Gasteiger partial charge in [-0.3, -0.25) is 0 Å². The molecule has 1 aromatic rings. The lowest BCUT2D eigenvalue weighted by molar-refractivity contribution is 0.763. The third-order valence-corrected chi connectivity index (χ3v) is 4.61. The Labute approximate surface area is 94.1 Å². The summed E-state index contributed by atoms with van der Waals surface area (Å²) in [5, 5.41) is 0.521. The average molecular weight is 215 g/mol. The molecule has 0 saturated heterocycles. The first-order chi connectivity index (χ1) is 7.27. The smallest absolute Gasteiger partial charge is 0.0431 e. The molecule has 0 bridgehead atoms. The highest BCUT2D eigenvalue weighted by Crippen LogP contribution is 2.50. The van der Waals surface area contributed by atoms with Crippen LogP contribution in [0, 0.1) is 5.92 Å². The van der Waals surface area contributed by atoms with Crippen molar-refractivity contribution >= 4 is 17.3 Å². The van der Waals surface area contributed by atoms with Gasteiger partial charge in [-0.15, -0.1) is 11.8 Å². The van der Waals surface area contributed by atoms with Crippen molar-refractivity contribution in [1.29, 1.82) is 0 Å². The molecule has 2 atom stereocenters. The van der Waals surface area contributed by atoms with Crippen LogP contribution >= 0.6 is 11.8 Å². The second-order valence-electron chi connectivity index (χ2n) is 4.12. The topological polar surface area (TPSA) is 26.0 Å². The van der Waals surface area contributed by atoms with Crippen LogP contribution in [-0.2, 0) is 0 Å². The number of hydrogen-bond donors (Lipinski definition) is 1. The van der Waals surface area contributed by atoms with Gasteiger partial charge in [-0.2, -0.15) is 0 Å². The Kier molecular flexibility index (Phi) is 1.93. The molecule has 15 heavy (non-hydrogen) atoms. The Morgan fingerprint density at radius 1 is 1.27 bits per heavy atom. The van der Waals surface area contributed by atoms with E-state index in [-0.39, 0.29) is 0 Å². The lowest BCUT2D eigenvalue weighted by atomic mass is 9.89. The number of thioether (sulfide) groups is 1. The third-order valence-electron chi connectivity index (χ3n) is 3.08. The molecule has 0 fully saturated rings. The van der Waals surface area contributed by atoms with Gasteiger partial charge < -0.3 is 5.73 Å². The van der Waals surface area contributed by atoms with E-state index >= 15 is 0 Å². The first kappa shape index (κ1) is 9.10. The molecule has 0 saturated carbocycles. The van der Waals surface area contributed by atoms with Crippen LogP contribution in [0.4, 0.5) is 0 Å². The van der Waals surface area contributed by atoms with Crippen LogP contribution in [0.3, 0.4) is 0 Å². The molecule has 0 aromatic heterocycles. The average Bonchev–Trinajstić information content (AvgIpc) is 2.64. The van der Waals surface area contributed by atoms with E-state index in [0.717, 1.165) is 5.70 Å².